The number of rotatable bonds is 0. The van der Waals surface area contributed by atoms with E-state index in [1.165, 1.54) is 5.56 Å². The normalized spacial score (nSPS) is 19.8. The van der Waals surface area contributed by atoms with Gasteiger partial charge in [-0.25, -0.2) is 0 Å². The highest BCUT2D eigenvalue weighted by Gasteiger charge is 2.00. The Hall–Kier alpha value is -2.44. The van der Waals surface area contributed by atoms with Crippen LogP contribution in [0.4, 0.5) is 0 Å². The van der Waals surface area contributed by atoms with Crippen molar-refractivity contribution in [2.45, 2.75) is 19.3 Å². The van der Waals surface area contributed by atoms with Crippen molar-refractivity contribution in [1.29, 1.82) is 0 Å². The van der Waals surface area contributed by atoms with Crippen LogP contribution in [0.15, 0.2) is 48.5 Å². The molecule has 4 bridgehead atoms. The van der Waals surface area contributed by atoms with Crippen LogP contribution < -0.4 is 14.2 Å². The lowest BCUT2D eigenvalue weighted by atomic mass is 10.1. The van der Waals surface area contributed by atoms with E-state index in [0.29, 0.717) is 106 Å². The van der Waals surface area contributed by atoms with E-state index >= 15 is 0 Å². The minimum absolute atomic E-state index is 0.461. The molecule has 236 valence electrons. The van der Waals surface area contributed by atoms with Crippen molar-refractivity contribution in [1.82, 2.24) is 0 Å². The summed E-state index contributed by atoms with van der Waals surface area (Å²) in [4.78, 5) is 0. The zero-order chi connectivity index (χ0) is 29.2. The van der Waals surface area contributed by atoms with Crippen LogP contribution in [0.5, 0.6) is 17.2 Å². The summed E-state index contributed by atoms with van der Waals surface area (Å²) in [5.74, 6) is 2.38. The summed E-state index contributed by atoms with van der Waals surface area (Å²) < 4.78 is 56.2. The van der Waals surface area contributed by atoms with Crippen molar-refractivity contribution in [3.63, 3.8) is 0 Å². The van der Waals surface area contributed by atoms with Gasteiger partial charge < -0.3 is 47.4 Å². The van der Waals surface area contributed by atoms with Crippen LogP contribution in [0, 0.1) is 0 Å². The van der Waals surface area contributed by atoms with E-state index in [2.05, 4.69) is 12.1 Å². The van der Waals surface area contributed by atoms with Crippen LogP contribution in [0.2, 0.25) is 0 Å². The highest BCUT2D eigenvalue weighted by Crippen LogP contribution is 2.17. The number of hydrogen-bond donors (Lipinski definition) is 0. The summed E-state index contributed by atoms with van der Waals surface area (Å²) >= 11 is 0. The molecule has 0 amide bonds. The largest absolute Gasteiger partial charge is 0.491 e. The molecule has 0 radical (unpaired) electrons. The summed E-state index contributed by atoms with van der Waals surface area (Å²) in [5, 5.41) is 0. The van der Waals surface area contributed by atoms with Crippen LogP contribution >= 0.6 is 0 Å². The zero-order valence-electron chi connectivity index (χ0n) is 24.8. The van der Waals surface area contributed by atoms with Gasteiger partial charge in [-0.1, -0.05) is 12.1 Å². The van der Waals surface area contributed by atoms with Crippen molar-refractivity contribution in [3.05, 3.63) is 54.1 Å². The molecule has 4 aliphatic rings. The molecular formula is C32H48O10. The first-order valence-corrected chi connectivity index (χ1v) is 15.0. The van der Waals surface area contributed by atoms with Crippen molar-refractivity contribution in [3.8, 4) is 17.2 Å². The van der Waals surface area contributed by atoms with Crippen LogP contribution in [0.25, 0.3) is 0 Å². The maximum absolute atomic E-state index is 5.76. The van der Waals surface area contributed by atoms with Crippen LogP contribution in [0.3, 0.4) is 0 Å². The second kappa shape index (κ2) is 24.0. The lowest BCUT2D eigenvalue weighted by Gasteiger charge is -2.10. The average molecular weight is 593 g/mol. The molecule has 0 aromatic heterocycles. The number of hydrogen-bond acceptors (Lipinski definition) is 10. The molecule has 0 unspecified atom stereocenters. The van der Waals surface area contributed by atoms with E-state index in [-0.39, 0.29) is 0 Å². The van der Waals surface area contributed by atoms with Crippen molar-refractivity contribution in [2.75, 3.05) is 112 Å². The fourth-order valence-electron chi connectivity index (χ4n) is 3.88. The third kappa shape index (κ3) is 17.5. The molecule has 4 aliphatic heterocycles. The molecule has 0 fully saturated rings. The van der Waals surface area contributed by atoms with Gasteiger partial charge in [0.1, 0.15) is 37.1 Å². The quantitative estimate of drug-likeness (QED) is 0.448. The monoisotopic (exact) mass is 592 g/mol. The Balaban J connectivity index is 1.28. The van der Waals surface area contributed by atoms with E-state index in [1.807, 2.05) is 36.4 Å². The second-order valence-corrected chi connectivity index (χ2v) is 9.40. The van der Waals surface area contributed by atoms with Gasteiger partial charge in [0.2, 0.25) is 0 Å². The van der Waals surface area contributed by atoms with Gasteiger partial charge in [-0.15, -0.1) is 0 Å². The van der Waals surface area contributed by atoms with Gasteiger partial charge in [0.15, 0.2) is 0 Å². The lowest BCUT2D eigenvalue weighted by Crippen LogP contribution is -2.14. The Kier molecular flexibility index (Phi) is 19.5. The molecule has 0 saturated carbocycles. The predicted molar refractivity (Wildman–Crippen MR) is 158 cm³/mol. The molecule has 6 rings (SSSR count). The van der Waals surface area contributed by atoms with E-state index < -0.39 is 0 Å². The maximum Gasteiger partial charge on any atom is 0.119 e. The van der Waals surface area contributed by atoms with Crippen LogP contribution in [0.1, 0.15) is 18.4 Å². The fourth-order valence-corrected chi connectivity index (χ4v) is 3.88. The molecule has 0 aliphatic carbocycles. The van der Waals surface area contributed by atoms with E-state index in [4.69, 9.17) is 47.4 Å². The van der Waals surface area contributed by atoms with Gasteiger partial charge in [0.05, 0.1) is 85.9 Å². The summed E-state index contributed by atoms with van der Waals surface area (Å²) in [5.41, 5.74) is 1.29. The average Bonchev–Trinajstić information content (AvgIpc) is 3.02. The molecule has 2 aromatic carbocycles. The fraction of sp³-hybridized carbons (Fsp3) is 0.625. The summed E-state index contributed by atoms with van der Waals surface area (Å²) in [6.45, 7) is 8.98. The van der Waals surface area contributed by atoms with Gasteiger partial charge in [0.25, 0.3) is 0 Å². The maximum atomic E-state index is 5.76. The Morgan fingerprint density at radius 1 is 0.286 bits per heavy atom. The molecule has 42 heavy (non-hydrogen) atoms. The summed E-state index contributed by atoms with van der Waals surface area (Å²) in [6.07, 6.45) is 3.11. The zero-order valence-corrected chi connectivity index (χ0v) is 24.8. The molecule has 0 N–H and O–H groups in total. The molecule has 0 saturated heterocycles. The standard InChI is InChI=1S/C32H48O10/c1-2-12-33-13-14-34-15-16-35-17-20-38-24-27-41-31-8-10-32(11-9-31)42-28-25-39-22-19-36-18-21-37-23-26-40-30-6-4-29(3-1)5-7-30/h4-11H,1-3,12-28H2. The highest BCUT2D eigenvalue weighted by atomic mass is 16.6. The second-order valence-electron chi connectivity index (χ2n) is 9.40. The molecule has 10 heteroatoms. The summed E-state index contributed by atoms with van der Waals surface area (Å²) in [6, 6.07) is 15.7. The van der Waals surface area contributed by atoms with E-state index in [0.717, 1.165) is 43.1 Å². The Morgan fingerprint density at radius 2 is 0.571 bits per heavy atom. The lowest BCUT2D eigenvalue weighted by molar-refractivity contribution is -0.00484. The molecule has 2 aromatic rings. The molecule has 0 spiro atoms. The first-order valence-electron chi connectivity index (χ1n) is 15.0. The Morgan fingerprint density at radius 3 is 0.929 bits per heavy atom. The number of aryl methyl sites for hydroxylation is 1. The van der Waals surface area contributed by atoms with Crippen LogP contribution in [-0.4, -0.2) is 112 Å². The third-order valence-electron chi connectivity index (χ3n) is 6.10. The van der Waals surface area contributed by atoms with Gasteiger partial charge in [0, 0.05) is 6.61 Å². The molecule has 4 heterocycles. The van der Waals surface area contributed by atoms with Gasteiger partial charge >= 0.3 is 0 Å². The topological polar surface area (TPSA) is 92.3 Å². The summed E-state index contributed by atoms with van der Waals surface area (Å²) in [7, 11) is 0. The Bertz CT molecular complexity index is 806. The van der Waals surface area contributed by atoms with E-state index in [9.17, 15) is 0 Å². The first kappa shape index (κ1) is 34.1. The van der Waals surface area contributed by atoms with Crippen LogP contribution in [-0.2, 0) is 39.6 Å². The van der Waals surface area contributed by atoms with Gasteiger partial charge in [-0.2, -0.15) is 0 Å². The van der Waals surface area contributed by atoms with Crippen molar-refractivity contribution >= 4 is 0 Å². The minimum Gasteiger partial charge on any atom is -0.491 e. The van der Waals surface area contributed by atoms with Crippen molar-refractivity contribution < 1.29 is 47.4 Å². The van der Waals surface area contributed by atoms with Gasteiger partial charge in [-0.3, -0.25) is 0 Å². The SMILES string of the molecule is c1cc2ccc1CCCCOCCOCCOCCOCCOc1ccc(cc1)OCCOCCOCCOCCO2. The minimum atomic E-state index is 0.461. The van der Waals surface area contributed by atoms with Crippen molar-refractivity contribution in [2.24, 2.45) is 0 Å². The number of ether oxygens (including phenoxy) is 10. The molecule has 0 atom stereocenters. The molecular weight excluding hydrogens is 544 g/mol. The predicted octanol–water partition coefficient (Wildman–Crippen LogP) is 3.98. The molecule has 10 nitrogen and oxygen atoms in total. The van der Waals surface area contributed by atoms with Gasteiger partial charge in [-0.05, 0) is 61.2 Å². The third-order valence-corrected chi connectivity index (χ3v) is 6.10. The highest BCUT2D eigenvalue weighted by molar-refractivity contribution is 5.31. The number of benzene rings is 2. The first-order chi connectivity index (χ1) is 20.9. The Labute approximate surface area is 250 Å². The van der Waals surface area contributed by atoms with E-state index in [1.54, 1.807) is 0 Å². The smallest absolute Gasteiger partial charge is 0.119 e.